The summed E-state index contributed by atoms with van der Waals surface area (Å²) in [5.41, 5.74) is 1.11. The van der Waals surface area contributed by atoms with Crippen LogP contribution in [0, 0.1) is 0 Å². The van der Waals surface area contributed by atoms with Crippen molar-refractivity contribution in [2.45, 2.75) is 10.8 Å². The van der Waals surface area contributed by atoms with E-state index in [4.69, 9.17) is 11.6 Å². The molecule has 0 fully saturated rings. The lowest BCUT2D eigenvalue weighted by Gasteiger charge is -1.93. The SMILES string of the molecule is Sc1cccc(CCl)c1. The summed E-state index contributed by atoms with van der Waals surface area (Å²) >= 11 is 9.71. The van der Waals surface area contributed by atoms with Gasteiger partial charge in [-0.1, -0.05) is 12.1 Å². The maximum absolute atomic E-state index is 5.56. The van der Waals surface area contributed by atoms with Gasteiger partial charge in [-0.2, -0.15) is 0 Å². The van der Waals surface area contributed by atoms with Gasteiger partial charge in [0.1, 0.15) is 0 Å². The van der Waals surface area contributed by atoms with Gasteiger partial charge in [-0.3, -0.25) is 0 Å². The van der Waals surface area contributed by atoms with Gasteiger partial charge in [-0.25, -0.2) is 0 Å². The normalized spacial score (nSPS) is 9.56. The van der Waals surface area contributed by atoms with Crippen LogP contribution in [0.3, 0.4) is 0 Å². The average molecular weight is 159 g/mol. The summed E-state index contributed by atoms with van der Waals surface area (Å²) in [6.07, 6.45) is 0. The third-order valence-corrected chi connectivity index (χ3v) is 1.65. The number of benzene rings is 1. The van der Waals surface area contributed by atoms with Gasteiger partial charge in [0.15, 0.2) is 0 Å². The maximum Gasteiger partial charge on any atom is 0.0474 e. The number of hydrogen-bond acceptors (Lipinski definition) is 1. The summed E-state index contributed by atoms with van der Waals surface area (Å²) in [6.45, 7) is 0. The molecule has 0 heterocycles. The molecule has 0 radical (unpaired) electrons. The van der Waals surface area contributed by atoms with Crippen LogP contribution < -0.4 is 0 Å². The van der Waals surface area contributed by atoms with Crippen LogP contribution in [0.5, 0.6) is 0 Å². The number of thiol groups is 1. The zero-order valence-electron chi connectivity index (χ0n) is 4.84. The van der Waals surface area contributed by atoms with Crippen LogP contribution in [0.15, 0.2) is 29.2 Å². The Labute approximate surface area is 65.3 Å². The van der Waals surface area contributed by atoms with Crippen molar-refractivity contribution in [3.63, 3.8) is 0 Å². The highest BCUT2D eigenvalue weighted by atomic mass is 35.5. The average Bonchev–Trinajstić information content (AvgIpc) is 1.88. The minimum Gasteiger partial charge on any atom is -0.143 e. The predicted octanol–water partition coefficient (Wildman–Crippen LogP) is 2.71. The first-order chi connectivity index (χ1) is 4.33. The Hall–Kier alpha value is -0.140. The van der Waals surface area contributed by atoms with Crippen LogP contribution in [0.25, 0.3) is 0 Å². The highest BCUT2D eigenvalue weighted by molar-refractivity contribution is 7.80. The topological polar surface area (TPSA) is 0 Å². The molecule has 0 N–H and O–H groups in total. The largest absolute Gasteiger partial charge is 0.143 e. The molecule has 0 aliphatic carbocycles. The summed E-state index contributed by atoms with van der Waals surface area (Å²) in [7, 11) is 0. The molecule has 48 valence electrons. The molecule has 0 amide bonds. The molecule has 0 bridgehead atoms. The van der Waals surface area contributed by atoms with Crippen molar-refractivity contribution in [2.75, 3.05) is 0 Å². The second kappa shape index (κ2) is 3.14. The molecule has 0 nitrogen and oxygen atoms in total. The zero-order chi connectivity index (χ0) is 6.69. The highest BCUT2D eigenvalue weighted by Gasteiger charge is 1.87. The first-order valence-corrected chi connectivity index (χ1v) is 3.65. The second-order valence-electron chi connectivity index (χ2n) is 1.80. The Morgan fingerprint density at radius 1 is 1.44 bits per heavy atom. The fourth-order valence-electron chi connectivity index (χ4n) is 0.640. The van der Waals surface area contributed by atoms with Crippen molar-refractivity contribution in [3.05, 3.63) is 29.8 Å². The van der Waals surface area contributed by atoms with Gasteiger partial charge in [0.25, 0.3) is 0 Å². The van der Waals surface area contributed by atoms with Crippen LogP contribution in [0.2, 0.25) is 0 Å². The highest BCUT2D eigenvalue weighted by Crippen LogP contribution is 2.09. The molecule has 1 aromatic rings. The molecule has 0 spiro atoms. The van der Waals surface area contributed by atoms with Crippen molar-refractivity contribution in [1.29, 1.82) is 0 Å². The van der Waals surface area contributed by atoms with E-state index in [2.05, 4.69) is 12.6 Å². The van der Waals surface area contributed by atoms with Gasteiger partial charge >= 0.3 is 0 Å². The minimum absolute atomic E-state index is 0.564. The van der Waals surface area contributed by atoms with Crippen molar-refractivity contribution < 1.29 is 0 Å². The third-order valence-electron chi connectivity index (χ3n) is 1.06. The minimum atomic E-state index is 0.564. The van der Waals surface area contributed by atoms with Gasteiger partial charge in [0, 0.05) is 10.8 Å². The van der Waals surface area contributed by atoms with E-state index < -0.39 is 0 Å². The van der Waals surface area contributed by atoms with Gasteiger partial charge in [-0.15, -0.1) is 24.2 Å². The van der Waals surface area contributed by atoms with E-state index >= 15 is 0 Å². The first kappa shape index (κ1) is 6.97. The predicted molar refractivity (Wildman–Crippen MR) is 43.3 cm³/mol. The first-order valence-electron chi connectivity index (χ1n) is 2.67. The van der Waals surface area contributed by atoms with Gasteiger partial charge in [0.05, 0.1) is 0 Å². The van der Waals surface area contributed by atoms with Crippen molar-refractivity contribution >= 4 is 24.2 Å². The van der Waals surface area contributed by atoms with Gasteiger partial charge in [-0.05, 0) is 17.7 Å². The molecule has 1 rings (SSSR count). The van der Waals surface area contributed by atoms with Crippen molar-refractivity contribution in [1.82, 2.24) is 0 Å². The number of alkyl halides is 1. The summed E-state index contributed by atoms with van der Waals surface area (Å²) in [5.74, 6) is 0.564. The van der Waals surface area contributed by atoms with Crippen molar-refractivity contribution in [3.8, 4) is 0 Å². The Morgan fingerprint density at radius 2 is 2.22 bits per heavy atom. The van der Waals surface area contributed by atoms with Crippen LogP contribution >= 0.6 is 24.2 Å². The number of halogens is 1. The summed E-state index contributed by atoms with van der Waals surface area (Å²) < 4.78 is 0. The van der Waals surface area contributed by atoms with E-state index in [1.165, 1.54) is 0 Å². The molecule has 0 aliphatic rings. The Balaban J connectivity index is 2.94. The second-order valence-corrected chi connectivity index (χ2v) is 2.59. The molecule has 0 saturated heterocycles. The summed E-state index contributed by atoms with van der Waals surface area (Å²) in [5, 5.41) is 0. The smallest absolute Gasteiger partial charge is 0.0474 e. The fraction of sp³-hybridized carbons (Fsp3) is 0.143. The molecule has 2 heteroatoms. The van der Waals surface area contributed by atoms with Crippen LogP contribution in [0.4, 0.5) is 0 Å². The monoisotopic (exact) mass is 158 g/mol. The van der Waals surface area contributed by atoms with Crippen LogP contribution in [0.1, 0.15) is 5.56 Å². The summed E-state index contributed by atoms with van der Waals surface area (Å²) in [4.78, 5) is 0.966. The maximum atomic E-state index is 5.56. The Bertz CT molecular complexity index is 198. The number of hydrogen-bond donors (Lipinski definition) is 1. The molecular formula is C7H7ClS. The number of rotatable bonds is 1. The Morgan fingerprint density at radius 3 is 2.67 bits per heavy atom. The zero-order valence-corrected chi connectivity index (χ0v) is 6.49. The van der Waals surface area contributed by atoms with Crippen molar-refractivity contribution in [2.24, 2.45) is 0 Å². The molecule has 9 heavy (non-hydrogen) atoms. The van der Waals surface area contributed by atoms with E-state index in [0.29, 0.717) is 5.88 Å². The molecule has 0 aromatic heterocycles. The molecule has 0 atom stereocenters. The van der Waals surface area contributed by atoms with Crippen LogP contribution in [-0.2, 0) is 5.88 Å². The standard InChI is InChI=1S/C7H7ClS/c8-5-6-2-1-3-7(9)4-6/h1-4,9H,5H2. The fourth-order valence-corrected chi connectivity index (χ4v) is 1.06. The van der Waals surface area contributed by atoms with Gasteiger partial charge < -0.3 is 0 Å². The molecule has 0 saturated carbocycles. The molecule has 1 aromatic carbocycles. The Kier molecular flexibility index (Phi) is 2.43. The van der Waals surface area contributed by atoms with E-state index in [0.717, 1.165) is 10.5 Å². The third kappa shape index (κ3) is 1.92. The quantitative estimate of drug-likeness (QED) is 0.472. The van der Waals surface area contributed by atoms with E-state index in [1.54, 1.807) is 0 Å². The van der Waals surface area contributed by atoms with Gasteiger partial charge in [0.2, 0.25) is 0 Å². The molecular weight excluding hydrogens is 152 g/mol. The van der Waals surface area contributed by atoms with Crippen LogP contribution in [-0.4, -0.2) is 0 Å². The lowest BCUT2D eigenvalue weighted by atomic mass is 10.2. The lowest BCUT2D eigenvalue weighted by Crippen LogP contribution is -1.74. The van der Waals surface area contributed by atoms with E-state index in [-0.39, 0.29) is 0 Å². The van der Waals surface area contributed by atoms with E-state index in [1.807, 2.05) is 24.3 Å². The van der Waals surface area contributed by atoms with E-state index in [9.17, 15) is 0 Å². The summed E-state index contributed by atoms with van der Waals surface area (Å²) in [6, 6.07) is 7.81. The molecule has 0 unspecified atom stereocenters. The molecule has 0 aliphatic heterocycles. The lowest BCUT2D eigenvalue weighted by molar-refractivity contribution is 1.33.